The zero-order chi connectivity index (χ0) is 19.3. The van der Waals surface area contributed by atoms with Crippen LogP contribution in [0.25, 0.3) is 11.3 Å². The SMILES string of the molecule is CCC(=O)[C@@H](NC(=O)c1cccc(-c2cccc(OC)c2)n1)C(C)(C)C. The number of nitrogens with one attached hydrogen (secondary N) is 1. The molecule has 2 rings (SSSR count). The lowest BCUT2D eigenvalue weighted by Crippen LogP contribution is -2.49. The van der Waals surface area contributed by atoms with Gasteiger partial charge in [0, 0.05) is 12.0 Å². The number of ketones is 1. The van der Waals surface area contributed by atoms with Gasteiger partial charge in [-0.15, -0.1) is 0 Å². The molecule has 0 radical (unpaired) electrons. The first kappa shape index (κ1) is 19.6. The van der Waals surface area contributed by atoms with Gasteiger partial charge in [0.15, 0.2) is 5.78 Å². The lowest BCUT2D eigenvalue weighted by molar-refractivity contribution is -0.122. The van der Waals surface area contributed by atoms with Crippen molar-refractivity contribution in [3.8, 4) is 17.0 Å². The Morgan fingerprint density at radius 2 is 1.85 bits per heavy atom. The Kier molecular flexibility index (Phi) is 6.14. The van der Waals surface area contributed by atoms with Crippen LogP contribution >= 0.6 is 0 Å². The van der Waals surface area contributed by atoms with E-state index in [2.05, 4.69) is 10.3 Å². The predicted octanol–water partition coefficient (Wildman–Crippen LogP) is 3.88. The van der Waals surface area contributed by atoms with Gasteiger partial charge in [-0.05, 0) is 29.7 Å². The summed E-state index contributed by atoms with van der Waals surface area (Å²) in [6, 6.07) is 12.2. The fourth-order valence-corrected chi connectivity index (χ4v) is 2.69. The van der Waals surface area contributed by atoms with E-state index in [9.17, 15) is 9.59 Å². The summed E-state index contributed by atoms with van der Waals surface area (Å²) >= 11 is 0. The van der Waals surface area contributed by atoms with Crippen molar-refractivity contribution in [1.29, 1.82) is 0 Å². The van der Waals surface area contributed by atoms with Gasteiger partial charge in [0.05, 0.1) is 18.8 Å². The number of nitrogens with zero attached hydrogens (tertiary/aromatic N) is 1. The molecule has 1 N–H and O–H groups in total. The van der Waals surface area contributed by atoms with Crippen LogP contribution in [0.4, 0.5) is 0 Å². The van der Waals surface area contributed by atoms with E-state index in [0.717, 1.165) is 11.3 Å². The molecule has 0 aliphatic rings. The second-order valence-electron chi connectivity index (χ2n) is 7.23. The molecule has 1 amide bonds. The highest BCUT2D eigenvalue weighted by atomic mass is 16.5. The molecule has 0 unspecified atom stereocenters. The monoisotopic (exact) mass is 354 g/mol. The molecule has 1 heterocycles. The number of rotatable bonds is 6. The summed E-state index contributed by atoms with van der Waals surface area (Å²) in [5.41, 5.74) is 1.44. The minimum Gasteiger partial charge on any atom is -0.497 e. The van der Waals surface area contributed by atoms with Crippen LogP contribution < -0.4 is 10.1 Å². The van der Waals surface area contributed by atoms with Gasteiger partial charge in [-0.1, -0.05) is 45.9 Å². The number of hydrogen-bond acceptors (Lipinski definition) is 4. The van der Waals surface area contributed by atoms with E-state index in [0.29, 0.717) is 12.1 Å². The number of ether oxygens (including phenoxy) is 1. The van der Waals surface area contributed by atoms with Gasteiger partial charge >= 0.3 is 0 Å². The largest absolute Gasteiger partial charge is 0.497 e. The summed E-state index contributed by atoms with van der Waals surface area (Å²) in [6.07, 6.45) is 0.374. The molecule has 26 heavy (non-hydrogen) atoms. The van der Waals surface area contributed by atoms with Crippen LogP contribution in [0.1, 0.15) is 44.6 Å². The van der Waals surface area contributed by atoms with Crippen LogP contribution in [0.15, 0.2) is 42.5 Å². The van der Waals surface area contributed by atoms with Gasteiger partial charge in [-0.3, -0.25) is 9.59 Å². The normalized spacial score (nSPS) is 12.3. The Morgan fingerprint density at radius 1 is 1.15 bits per heavy atom. The molecule has 0 saturated carbocycles. The van der Waals surface area contributed by atoms with Gasteiger partial charge in [-0.25, -0.2) is 4.98 Å². The number of carbonyl (C=O) groups excluding carboxylic acids is 2. The Balaban J connectivity index is 2.28. The Labute approximate surface area is 154 Å². The average molecular weight is 354 g/mol. The predicted molar refractivity (Wildman–Crippen MR) is 102 cm³/mol. The highest BCUT2D eigenvalue weighted by Gasteiger charge is 2.31. The number of Topliss-reactive ketones (excluding diaryl/α,β-unsaturated/α-hetero) is 1. The highest BCUT2D eigenvalue weighted by molar-refractivity contribution is 5.97. The van der Waals surface area contributed by atoms with E-state index < -0.39 is 6.04 Å². The summed E-state index contributed by atoms with van der Waals surface area (Å²) in [6.45, 7) is 7.61. The maximum Gasteiger partial charge on any atom is 0.270 e. The zero-order valence-corrected chi connectivity index (χ0v) is 16.0. The lowest BCUT2D eigenvalue weighted by Gasteiger charge is -2.30. The van der Waals surface area contributed by atoms with E-state index in [-0.39, 0.29) is 22.8 Å². The van der Waals surface area contributed by atoms with Crippen molar-refractivity contribution in [3.05, 3.63) is 48.2 Å². The fraction of sp³-hybridized carbons (Fsp3) is 0.381. The second kappa shape index (κ2) is 8.13. The second-order valence-corrected chi connectivity index (χ2v) is 7.23. The van der Waals surface area contributed by atoms with Crippen molar-refractivity contribution >= 4 is 11.7 Å². The smallest absolute Gasteiger partial charge is 0.270 e. The quantitative estimate of drug-likeness (QED) is 0.855. The lowest BCUT2D eigenvalue weighted by atomic mass is 9.83. The maximum absolute atomic E-state index is 12.7. The molecular weight excluding hydrogens is 328 g/mol. The van der Waals surface area contributed by atoms with Gasteiger partial charge in [0.2, 0.25) is 0 Å². The van der Waals surface area contributed by atoms with Crippen LogP contribution in [0.5, 0.6) is 5.75 Å². The van der Waals surface area contributed by atoms with Crippen molar-refractivity contribution < 1.29 is 14.3 Å². The summed E-state index contributed by atoms with van der Waals surface area (Å²) in [7, 11) is 1.60. The highest BCUT2D eigenvalue weighted by Crippen LogP contribution is 2.23. The standard InChI is InChI=1S/C21H26N2O3/c1-6-18(24)19(21(2,3)4)23-20(25)17-12-8-11-16(22-17)14-9-7-10-15(13-14)26-5/h7-13,19H,6H2,1-5H3,(H,23,25)/t19-/m1/s1. The number of pyridine rings is 1. The number of benzene rings is 1. The van der Waals surface area contributed by atoms with Crippen molar-refractivity contribution in [2.45, 2.75) is 40.2 Å². The molecule has 1 atom stereocenters. The first-order chi connectivity index (χ1) is 12.3. The summed E-state index contributed by atoms with van der Waals surface area (Å²) in [5.74, 6) is 0.381. The first-order valence-electron chi connectivity index (χ1n) is 8.71. The molecule has 0 spiro atoms. The molecule has 0 bridgehead atoms. The van der Waals surface area contributed by atoms with Crippen molar-refractivity contribution in [2.24, 2.45) is 5.41 Å². The molecule has 1 aromatic heterocycles. The third-order valence-electron chi connectivity index (χ3n) is 4.16. The number of amides is 1. The maximum atomic E-state index is 12.7. The van der Waals surface area contributed by atoms with E-state index in [4.69, 9.17) is 4.74 Å². The van der Waals surface area contributed by atoms with Crippen molar-refractivity contribution in [3.63, 3.8) is 0 Å². The average Bonchev–Trinajstić information content (AvgIpc) is 2.64. The van der Waals surface area contributed by atoms with Crippen molar-refractivity contribution in [1.82, 2.24) is 10.3 Å². The molecule has 0 fully saturated rings. The molecule has 0 saturated heterocycles. The molecule has 138 valence electrons. The minimum absolute atomic E-state index is 0.00907. The molecule has 2 aromatic rings. The summed E-state index contributed by atoms with van der Waals surface area (Å²) < 4.78 is 5.24. The van der Waals surface area contributed by atoms with Crippen molar-refractivity contribution in [2.75, 3.05) is 7.11 Å². The minimum atomic E-state index is -0.553. The summed E-state index contributed by atoms with van der Waals surface area (Å²) in [4.78, 5) is 29.4. The molecule has 0 aliphatic heterocycles. The number of aromatic nitrogens is 1. The van der Waals surface area contributed by atoms with Crippen LogP contribution in [-0.2, 0) is 4.79 Å². The van der Waals surface area contributed by atoms with Crippen LogP contribution in [0.2, 0.25) is 0 Å². The molecular formula is C21H26N2O3. The van der Waals surface area contributed by atoms with Gasteiger partial charge in [0.25, 0.3) is 5.91 Å². The van der Waals surface area contributed by atoms with E-state index in [1.807, 2.05) is 51.1 Å². The van der Waals surface area contributed by atoms with E-state index >= 15 is 0 Å². The number of hydrogen-bond donors (Lipinski definition) is 1. The molecule has 5 heteroatoms. The van der Waals surface area contributed by atoms with Crippen LogP contribution in [0, 0.1) is 5.41 Å². The first-order valence-corrected chi connectivity index (χ1v) is 8.71. The van der Waals surface area contributed by atoms with E-state index in [1.54, 1.807) is 26.2 Å². The molecule has 5 nitrogen and oxygen atoms in total. The summed E-state index contributed by atoms with van der Waals surface area (Å²) in [5, 5.41) is 2.85. The third-order valence-corrected chi connectivity index (χ3v) is 4.16. The number of methoxy groups -OCH3 is 1. The van der Waals surface area contributed by atoms with E-state index in [1.165, 1.54) is 0 Å². The number of carbonyl (C=O) groups is 2. The van der Waals surface area contributed by atoms with Gasteiger partial charge in [-0.2, -0.15) is 0 Å². The fourth-order valence-electron chi connectivity index (χ4n) is 2.69. The zero-order valence-electron chi connectivity index (χ0n) is 16.0. The topological polar surface area (TPSA) is 68.3 Å². The Hall–Kier alpha value is -2.69. The van der Waals surface area contributed by atoms with Crippen LogP contribution in [-0.4, -0.2) is 29.8 Å². The molecule has 1 aromatic carbocycles. The van der Waals surface area contributed by atoms with Gasteiger partial charge in [0.1, 0.15) is 11.4 Å². The Bertz CT molecular complexity index is 794. The van der Waals surface area contributed by atoms with Gasteiger partial charge < -0.3 is 10.1 Å². The van der Waals surface area contributed by atoms with Crippen LogP contribution in [0.3, 0.4) is 0 Å². The molecule has 0 aliphatic carbocycles. The third kappa shape index (κ3) is 4.69. The Morgan fingerprint density at radius 3 is 2.46 bits per heavy atom.